The van der Waals surface area contributed by atoms with Crippen LogP contribution in [0.1, 0.15) is 133 Å². The van der Waals surface area contributed by atoms with Crippen LogP contribution < -0.4 is 0 Å². The Hall–Kier alpha value is -2.53. The third-order valence-electron chi connectivity index (χ3n) is 7.73. The van der Waals surface area contributed by atoms with Crippen molar-refractivity contribution < 1.29 is 19.4 Å². The summed E-state index contributed by atoms with van der Waals surface area (Å²) in [4.78, 5) is 27.4. The van der Waals surface area contributed by atoms with Crippen LogP contribution in [0.4, 0.5) is 0 Å². The fraction of sp³-hybridized carbons (Fsp3) is 0.618. The molecule has 39 heavy (non-hydrogen) atoms. The largest absolute Gasteiger partial charge is 0.478 e. The van der Waals surface area contributed by atoms with Gasteiger partial charge in [-0.3, -0.25) is 9.78 Å². The van der Waals surface area contributed by atoms with Crippen molar-refractivity contribution in [2.75, 3.05) is 13.2 Å². The quantitative estimate of drug-likeness (QED) is 0.380. The number of Topliss-reactive ketones (excluding diaryl/α,β-unsaturated/α-hetero) is 1. The van der Waals surface area contributed by atoms with E-state index in [4.69, 9.17) is 9.84 Å². The molecule has 0 bridgehead atoms. The van der Waals surface area contributed by atoms with E-state index < -0.39 is 11.4 Å². The van der Waals surface area contributed by atoms with Gasteiger partial charge in [0.2, 0.25) is 0 Å². The number of hydrogen-bond donors (Lipinski definition) is 1. The zero-order valence-electron chi connectivity index (χ0n) is 25.6. The molecule has 2 aliphatic rings. The lowest BCUT2D eigenvalue weighted by Crippen LogP contribution is -2.40. The smallest absolute Gasteiger partial charge is 0.335 e. The standard InChI is InChI=1S/C20H29NO2.C10H12O2.2C2H6/c1-16(22)20(11-13-23-14-12-20)19-10-9-18(15-21-19)8-7-17-5-3-2-4-6-17;1-7(2)8-3-5-9(6-4-8)10(11)12;2*1-2/h9-10,15,17H,2-8,11-14H2,1H3;3-7H,1-2H3,(H,11,12);2*1-2H3. The van der Waals surface area contributed by atoms with Crippen LogP contribution in [0.2, 0.25) is 0 Å². The third-order valence-corrected chi connectivity index (χ3v) is 7.73. The van der Waals surface area contributed by atoms with Crippen LogP contribution >= 0.6 is 0 Å². The molecule has 0 amide bonds. The number of carboxylic acid groups (broad SMARTS) is 1. The lowest BCUT2D eigenvalue weighted by molar-refractivity contribution is -0.126. The van der Waals surface area contributed by atoms with Crippen molar-refractivity contribution in [3.8, 4) is 0 Å². The summed E-state index contributed by atoms with van der Waals surface area (Å²) < 4.78 is 5.45. The zero-order chi connectivity index (χ0) is 29.3. The van der Waals surface area contributed by atoms with Crippen LogP contribution in [0, 0.1) is 5.92 Å². The average molecular weight is 540 g/mol. The SMILES string of the molecule is CC.CC.CC(=O)C1(c2ccc(CCC3CCCCC3)cn2)CCOCC1.CC(C)c1ccc(C(=O)O)cc1. The van der Waals surface area contributed by atoms with Gasteiger partial charge in [-0.15, -0.1) is 0 Å². The molecule has 2 fully saturated rings. The van der Waals surface area contributed by atoms with Gasteiger partial charge in [0.15, 0.2) is 0 Å². The number of rotatable bonds is 7. The van der Waals surface area contributed by atoms with Gasteiger partial charge in [-0.05, 0) is 73.8 Å². The lowest BCUT2D eigenvalue weighted by atomic mass is 9.74. The fourth-order valence-corrected chi connectivity index (χ4v) is 5.22. The number of ketones is 1. The lowest BCUT2D eigenvalue weighted by Gasteiger charge is -2.34. The highest BCUT2D eigenvalue weighted by Gasteiger charge is 2.40. The first-order valence-electron chi connectivity index (χ1n) is 15.2. The van der Waals surface area contributed by atoms with E-state index in [1.807, 2.05) is 46.0 Å². The molecule has 1 N–H and O–H groups in total. The molecule has 1 aromatic heterocycles. The van der Waals surface area contributed by atoms with Crippen molar-refractivity contribution in [1.29, 1.82) is 0 Å². The maximum Gasteiger partial charge on any atom is 0.335 e. The van der Waals surface area contributed by atoms with Gasteiger partial charge < -0.3 is 9.84 Å². The molecule has 1 saturated heterocycles. The number of hydrogen-bond acceptors (Lipinski definition) is 4. The minimum absolute atomic E-state index is 0.225. The van der Waals surface area contributed by atoms with Crippen LogP contribution in [0.5, 0.6) is 0 Å². The number of carbonyl (C=O) groups is 2. The van der Waals surface area contributed by atoms with Crippen molar-refractivity contribution in [1.82, 2.24) is 4.98 Å². The van der Waals surface area contributed by atoms with E-state index in [1.54, 1.807) is 19.1 Å². The maximum atomic E-state index is 12.2. The van der Waals surface area contributed by atoms with E-state index in [2.05, 4.69) is 31.0 Å². The van der Waals surface area contributed by atoms with E-state index in [0.717, 1.165) is 30.9 Å². The van der Waals surface area contributed by atoms with E-state index >= 15 is 0 Å². The molecule has 0 spiro atoms. The van der Waals surface area contributed by atoms with E-state index in [-0.39, 0.29) is 5.78 Å². The number of ether oxygens (including phenoxy) is 1. The molecular weight excluding hydrogens is 486 g/mol. The molecule has 1 saturated carbocycles. The normalized spacial score (nSPS) is 16.4. The van der Waals surface area contributed by atoms with E-state index in [0.29, 0.717) is 24.7 Å². The predicted molar refractivity (Wildman–Crippen MR) is 162 cm³/mol. The highest BCUT2D eigenvalue weighted by molar-refractivity contribution is 5.88. The number of benzene rings is 1. The van der Waals surface area contributed by atoms with Crippen molar-refractivity contribution in [2.24, 2.45) is 5.92 Å². The molecule has 2 heterocycles. The zero-order valence-corrected chi connectivity index (χ0v) is 25.6. The van der Waals surface area contributed by atoms with Gasteiger partial charge >= 0.3 is 5.97 Å². The minimum Gasteiger partial charge on any atom is -0.478 e. The second kappa shape index (κ2) is 18.7. The van der Waals surface area contributed by atoms with E-state index in [9.17, 15) is 9.59 Å². The van der Waals surface area contributed by atoms with Gasteiger partial charge in [0.25, 0.3) is 0 Å². The summed E-state index contributed by atoms with van der Waals surface area (Å²) in [6.07, 6.45) is 13.0. The van der Waals surface area contributed by atoms with Crippen LogP contribution in [-0.2, 0) is 21.4 Å². The Morgan fingerprint density at radius 2 is 1.54 bits per heavy atom. The van der Waals surface area contributed by atoms with Gasteiger partial charge in [0.1, 0.15) is 5.78 Å². The molecule has 1 aliphatic carbocycles. The molecule has 0 unspecified atom stereocenters. The number of aryl methyl sites for hydroxylation is 1. The second-order valence-corrected chi connectivity index (χ2v) is 10.4. The highest BCUT2D eigenvalue weighted by atomic mass is 16.5. The number of pyridine rings is 1. The first-order valence-corrected chi connectivity index (χ1v) is 15.2. The average Bonchev–Trinajstić information content (AvgIpc) is 2.99. The molecule has 2 aromatic rings. The van der Waals surface area contributed by atoms with Gasteiger partial charge in [0.05, 0.1) is 16.7 Å². The summed E-state index contributed by atoms with van der Waals surface area (Å²) in [5.41, 5.74) is 3.35. The predicted octanol–water partition coefficient (Wildman–Crippen LogP) is 8.79. The summed E-state index contributed by atoms with van der Waals surface area (Å²) in [5, 5.41) is 8.61. The van der Waals surface area contributed by atoms with Gasteiger partial charge in [-0.1, -0.05) is 91.8 Å². The van der Waals surface area contributed by atoms with Crippen LogP contribution in [0.25, 0.3) is 0 Å². The molecule has 5 nitrogen and oxygen atoms in total. The summed E-state index contributed by atoms with van der Waals surface area (Å²) >= 11 is 0. The Bertz CT molecular complexity index is 938. The molecule has 1 aliphatic heterocycles. The second-order valence-electron chi connectivity index (χ2n) is 10.4. The number of carboxylic acids is 1. The Kier molecular flexibility index (Phi) is 16.5. The number of aromatic nitrogens is 1. The van der Waals surface area contributed by atoms with Gasteiger partial charge in [-0.25, -0.2) is 4.79 Å². The van der Waals surface area contributed by atoms with Gasteiger partial charge in [0, 0.05) is 19.4 Å². The molecule has 4 rings (SSSR count). The minimum atomic E-state index is -0.870. The third kappa shape index (κ3) is 10.9. The highest BCUT2D eigenvalue weighted by Crippen LogP contribution is 2.35. The van der Waals surface area contributed by atoms with Gasteiger partial charge in [-0.2, -0.15) is 0 Å². The van der Waals surface area contributed by atoms with Crippen molar-refractivity contribution >= 4 is 11.8 Å². The molecule has 0 radical (unpaired) electrons. The van der Waals surface area contributed by atoms with Crippen LogP contribution in [0.15, 0.2) is 42.6 Å². The summed E-state index contributed by atoms with van der Waals surface area (Å²) in [6.45, 7) is 15.2. The van der Waals surface area contributed by atoms with Crippen molar-refractivity contribution in [2.45, 2.75) is 118 Å². The summed E-state index contributed by atoms with van der Waals surface area (Å²) in [7, 11) is 0. The fourth-order valence-electron chi connectivity index (χ4n) is 5.22. The maximum absolute atomic E-state index is 12.2. The summed E-state index contributed by atoms with van der Waals surface area (Å²) in [5.74, 6) is 0.712. The van der Waals surface area contributed by atoms with Crippen molar-refractivity contribution in [3.63, 3.8) is 0 Å². The molecule has 1 aromatic carbocycles. The Morgan fingerprint density at radius 1 is 0.949 bits per heavy atom. The topological polar surface area (TPSA) is 76.5 Å². The van der Waals surface area contributed by atoms with Crippen molar-refractivity contribution in [3.05, 3.63) is 65.0 Å². The molecule has 218 valence electrons. The Balaban J connectivity index is 0.000000402. The molecular formula is C34H53NO4. The number of aromatic carboxylic acids is 1. The van der Waals surface area contributed by atoms with E-state index in [1.165, 1.54) is 49.7 Å². The molecule has 5 heteroatoms. The summed E-state index contributed by atoms with van der Waals surface area (Å²) in [6, 6.07) is 11.3. The first kappa shape index (κ1) is 34.5. The number of nitrogens with zero attached hydrogens (tertiary/aromatic N) is 1. The Labute approximate surface area is 237 Å². The first-order chi connectivity index (χ1) is 18.8. The Morgan fingerprint density at radius 3 is 2.00 bits per heavy atom. The monoisotopic (exact) mass is 539 g/mol. The van der Waals surface area contributed by atoms with Crippen LogP contribution in [0.3, 0.4) is 0 Å². The number of carbonyl (C=O) groups excluding carboxylic acids is 1. The van der Waals surface area contributed by atoms with Crippen LogP contribution in [-0.4, -0.2) is 35.1 Å². The molecule has 0 atom stereocenters.